The summed E-state index contributed by atoms with van der Waals surface area (Å²) >= 11 is 0. The molecule has 0 radical (unpaired) electrons. The first-order chi connectivity index (χ1) is 10.7. The molecule has 2 aromatic heterocycles. The number of aromatic amines is 1. The summed E-state index contributed by atoms with van der Waals surface area (Å²) in [5.41, 5.74) is 0.244. The Kier molecular flexibility index (Phi) is 4.13. The molecular formula is C15H16N4O3. The van der Waals surface area contributed by atoms with Crippen LogP contribution in [0.2, 0.25) is 0 Å². The number of carbonyl (C=O) groups excluding carboxylic acids is 1. The van der Waals surface area contributed by atoms with Gasteiger partial charge in [-0.3, -0.25) is 9.59 Å². The number of hydrogen-bond donors (Lipinski definition) is 1. The second kappa shape index (κ2) is 6.38. The highest BCUT2D eigenvalue weighted by Crippen LogP contribution is 2.16. The minimum absolute atomic E-state index is 0.112. The molecule has 1 N–H and O–H groups in total. The largest absolute Gasteiger partial charge is 0.458 e. The molecule has 1 atom stereocenters. The van der Waals surface area contributed by atoms with Crippen molar-refractivity contribution in [3.8, 4) is 6.01 Å². The molecular weight excluding hydrogens is 284 g/mol. The number of ether oxygens (including phenoxy) is 1. The highest BCUT2D eigenvalue weighted by molar-refractivity contribution is 5.93. The minimum atomic E-state index is -0.224. The summed E-state index contributed by atoms with van der Waals surface area (Å²) in [5, 5.41) is 0. The molecule has 114 valence electrons. The fourth-order valence-corrected chi connectivity index (χ4v) is 2.44. The first-order valence-electron chi connectivity index (χ1n) is 7.14. The molecule has 1 saturated heterocycles. The fourth-order valence-electron chi connectivity index (χ4n) is 2.44. The normalized spacial score (nSPS) is 18.0. The van der Waals surface area contributed by atoms with Crippen LogP contribution >= 0.6 is 0 Å². The van der Waals surface area contributed by atoms with Gasteiger partial charge in [0.25, 0.3) is 5.91 Å². The maximum Gasteiger partial charge on any atom is 0.316 e. The van der Waals surface area contributed by atoms with E-state index in [1.807, 2.05) is 0 Å². The zero-order valence-electron chi connectivity index (χ0n) is 11.9. The molecule has 0 saturated carbocycles. The van der Waals surface area contributed by atoms with Gasteiger partial charge in [-0.1, -0.05) is 0 Å². The number of H-pyrrole nitrogens is 1. The Labute approximate surface area is 127 Å². The van der Waals surface area contributed by atoms with Gasteiger partial charge in [0.2, 0.25) is 5.56 Å². The highest BCUT2D eigenvalue weighted by Gasteiger charge is 2.26. The van der Waals surface area contributed by atoms with Crippen molar-refractivity contribution in [1.82, 2.24) is 19.9 Å². The van der Waals surface area contributed by atoms with Crippen molar-refractivity contribution >= 4 is 5.91 Å². The molecule has 0 aliphatic carbocycles. The van der Waals surface area contributed by atoms with Crippen molar-refractivity contribution in [1.29, 1.82) is 0 Å². The maximum absolute atomic E-state index is 12.4. The van der Waals surface area contributed by atoms with E-state index >= 15 is 0 Å². The number of piperidine rings is 1. The molecule has 3 heterocycles. The third-order valence-corrected chi connectivity index (χ3v) is 3.51. The van der Waals surface area contributed by atoms with Gasteiger partial charge in [-0.15, -0.1) is 0 Å². The zero-order valence-corrected chi connectivity index (χ0v) is 11.9. The van der Waals surface area contributed by atoms with Crippen LogP contribution in [0, 0.1) is 0 Å². The molecule has 0 bridgehead atoms. The van der Waals surface area contributed by atoms with Crippen LogP contribution in [0.3, 0.4) is 0 Å². The van der Waals surface area contributed by atoms with Gasteiger partial charge in [-0.05, 0) is 25.0 Å². The lowest BCUT2D eigenvalue weighted by molar-refractivity contribution is 0.0515. The lowest BCUT2D eigenvalue weighted by Gasteiger charge is -2.32. The predicted molar refractivity (Wildman–Crippen MR) is 78.6 cm³/mol. The Hall–Kier alpha value is -2.70. The van der Waals surface area contributed by atoms with Crippen molar-refractivity contribution in [3.63, 3.8) is 0 Å². The van der Waals surface area contributed by atoms with Crippen LogP contribution < -0.4 is 10.3 Å². The lowest BCUT2D eigenvalue weighted by atomic mass is 10.1. The summed E-state index contributed by atoms with van der Waals surface area (Å²) in [6.45, 7) is 1.16. The van der Waals surface area contributed by atoms with Crippen LogP contribution in [-0.4, -0.2) is 45.0 Å². The van der Waals surface area contributed by atoms with E-state index in [4.69, 9.17) is 4.74 Å². The van der Waals surface area contributed by atoms with E-state index in [9.17, 15) is 9.59 Å². The summed E-state index contributed by atoms with van der Waals surface area (Å²) in [6, 6.07) is 4.93. The summed E-state index contributed by atoms with van der Waals surface area (Å²) < 4.78 is 5.72. The van der Waals surface area contributed by atoms with E-state index in [2.05, 4.69) is 15.0 Å². The molecule has 0 spiro atoms. The third-order valence-electron chi connectivity index (χ3n) is 3.51. The van der Waals surface area contributed by atoms with Gasteiger partial charge >= 0.3 is 6.01 Å². The number of rotatable bonds is 3. The van der Waals surface area contributed by atoms with E-state index in [1.54, 1.807) is 23.4 Å². The van der Waals surface area contributed by atoms with Gasteiger partial charge in [0.15, 0.2) is 0 Å². The van der Waals surface area contributed by atoms with Crippen molar-refractivity contribution in [2.75, 3.05) is 13.1 Å². The Morgan fingerprint density at radius 1 is 1.32 bits per heavy atom. The third kappa shape index (κ3) is 3.30. The van der Waals surface area contributed by atoms with Gasteiger partial charge in [0.05, 0.1) is 12.1 Å². The summed E-state index contributed by atoms with van der Waals surface area (Å²) in [6.07, 6.45) is 6.27. The van der Waals surface area contributed by atoms with E-state index in [0.29, 0.717) is 24.7 Å². The molecule has 0 aromatic carbocycles. The number of hydrogen-bond acceptors (Lipinski definition) is 5. The summed E-state index contributed by atoms with van der Waals surface area (Å²) in [4.78, 5) is 35.8. The Morgan fingerprint density at radius 2 is 2.14 bits per heavy atom. The Morgan fingerprint density at radius 3 is 2.86 bits per heavy atom. The van der Waals surface area contributed by atoms with E-state index < -0.39 is 0 Å². The fraction of sp³-hybridized carbons (Fsp3) is 0.333. The smallest absolute Gasteiger partial charge is 0.316 e. The molecule has 7 nitrogen and oxygen atoms in total. The van der Waals surface area contributed by atoms with Crippen LogP contribution in [-0.2, 0) is 0 Å². The van der Waals surface area contributed by atoms with Gasteiger partial charge in [-0.2, -0.15) is 0 Å². The molecule has 3 rings (SSSR count). The first-order valence-corrected chi connectivity index (χ1v) is 7.14. The van der Waals surface area contributed by atoms with Crippen LogP contribution in [0.15, 0.2) is 41.6 Å². The molecule has 1 unspecified atom stereocenters. The van der Waals surface area contributed by atoms with Crippen LogP contribution in [0.1, 0.15) is 23.2 Å². The van der Waals surface area contributed by atoms with Crippen molar-refractivity contribution in [2.24, 2.45) is 0 Å². The Balaban J connectivity index is 1.66. The molecule has 1 aliphatic heterocycles. The predicted octanol–water partition coefficient (Wildman–Crippen LogP) is 0.849. The quantitative estimate of drug-likeness (QED) is 0.908. The average Bonchev–Trinajstić information content (AvgIpc) is 2.56. The van der Waals surface area contributed by atoms with Crippen LogP contribution in [0.25, 0.3) is 0 Å². The molecule has 1 amide bonds. The second-order valence-corrected chi connectivity index (χ2v) is 5.11. The van der Waals surface area contributed by atoms with E-state index in [-0.39, 0.29) is 17.6 Å². The van der Waals surface area contributed by atoms with Gasteiger partial charge in [0, 0.05) is 31.2 Å². The number of nitrogens with zero attached hydrogens (tertiary/aromatic N) is 3. The van der Waals surface area contributed by atoms with Gasteiger partial charge < -0.3 is 14.6 Å². The van der Waals surface area contributed by atoms with E-state index in [0.717, 1.165) is 12.8 Å². The van der Waals surface area contributed by atoms with Crippen LogP contribution in [0.5, 0.6) is 6.01 Å². The zero-order chi connectivity index (χ0) is 15.4. The monoisotopic (exact) mass is 300 g/mol. The number of nitrogens with one attached hydrogen (secondary N) is 1. The lowest BCUT2D eigenvalue weighted by Crippen LogP contribution is -2.44. The standard InChI is InChI=1S/C15H16N4O3/c20-13-5-4-11(9-18-13)14(21)19-8-1-3-12(10-19)22-15-16-6-2-7-17-15/h2,4-7,9,12H,1,3,8,10H2,(H,18,20). The molecule has 1 fully saturated rings. The van der Waals surface area contributed by atoms with Crippen molar-refractivity contribution in [2.45, 2.75) is 18.9 Å². The highest BCUT2D eigenvalue weighted by atomic mass is 16.5. The summed E-state index contributed by atoms with van der Waals surface area (Å²) in [5.74, 6) is -0.112. The number of pyridine rings is 1. The molecule has 2 aromatic rings. The summed E-state index contributed by atoms with van der Waals surface area (Å²) in [7, 11) is 0. The number of carbonyl (C=O) groups is 1. The van der Waals surface area contributed by atoms with Crippen molar-refractivity contribution < 1.29 is 9.53 Å². The SMILES string of the molecule is O=C(c1ccc(=O)[nH]c1)N1CCCC(Oc2ncccn2)C1. The van der Waals surface area contributed by atoms with Crippen molar-refractivity contribution in [3.05, 3.63) is 52.7 Å². The molecule has 1 aliphatic rings. The molecule has 7 heteroatoms. The average molecular weight is 300 g/mol. The van der Waals surface area contributed by atoms with E-state index in [1.165, 1.54) is 18.3 Å². The number of likely N-dealkylation sites (tertiary alicyclic amines) is 1. The minimum Gasteiger partial charge on any atom is -0.458 e. The Bertz CT molecular complexity index is 681. The second-order valence-electron chi connectivity index (χ2n) is 5.11. The van der Waals surface area contributed by atoms with Gasteiger partial charge in [0.1, 0.15) is 6.10 Å². The number of aromatic nitrogens is 3. The van der Waals surface area contributed by atoms with Gasteiger partial charge in [-0.25, -0.2) is 9.97 Å². The van der Waals surface area contributed by atoms with Crippen LogP contribution in [0.4, 0.5) is 0 Å². The maximum atomic E-state index is 12.4. The number of amides is 1. The first kappa shape index (κ1) is 14.2. The topological polar surface area (TPSA) is 88.2 Å². The molecule has 22 heavy (non-hydrogen) atoms.